The first-order valence-corrected chi connectivity index (χ1v) is 5.30. The Balaban J connectivity index is 2.94. The third kappa shape index (κ3) is 3.30. The number of hydrogen-bond donors (Lipinski definition) is 2. The van der Waals surface area contributed by atoms with E-state index in [-0.39, 0.29) is 11.4 Å². The molecule has 0 bridgehead atoms. The summed E-state index contributed by atoms with van der Waals surface area (Å²) >= 11 is 0. The molecular weight excluding hydrogens is 242 g/mol. The molecule has 0 aromatic carbocycles. The molecule has 8 heteroatoms. The van der Waals surface area contributed by atoms with Gasteiger partial charge in [-0.1, -0.05) is 6.92 Å². The van der Waals surface area contributed by atoms with Gasteiger partial charge in [-0.25, -0.2) is 0 Å². The summed E-state index contributed by atoms with van der Waals surface area (Å²) in [6, 6.07) is 1.13. The maximum Gasteiger partial charge on any atom is 0.322 e. The van der Waals surface area contributed by atoms with E-state index >= 15 is 0 Å². The van der Waals surface area contributed by atoms with Crippen LogP contribution in [-0.2, 0) is 11.3 Å². The number of carbonyl (C=O) groups excluding carboxylic acids is 1. The van der Waals surface area contributed by atoms with E-state index in [1.807, 2.05) is 6.92 Å². The van der Waals surface area contributed by atoms with Gasteiger partial charge in [0.2, 0.25) is 0 Å². The number of aliphatic carboxylic acids is 1. The second-order valence-corrected chi connectivity index (χ2v) is 3.61. The molecule has 8 nitrogen and oxygen atoms in total. The number of aromatic nitrogens is 1. The van der Waals surface area contributed by atoms with Crippen molar-refractivity contribution in [2.24, 2.45) is 0 Å². The third-order valence-electron chi connectivity index (χ3n) is 2.19. The molecule has 98 valence electrons. The molecule has 18 heavy (non-hydrogen) atoms. The van der Waals surface area contributed by atoms with Crippen molar-refractivity contribution in [2.75, 3.05) is 6.54 Å². The molecule has 1 heterocycles. The highest BCUT2D eigenvalue weighted by Crippen LogP contribution is 2.16. The maximum atomic E-state index is 11.7. The van der Waals surface area contributed by atoms with E-state index in [1.54, 1.807) is 0 Å². The quantitative estimate of drug-likeness (QED) is 0.571. The first kappa shape index (κ1) is 13.7. The van der Waals surface area contributed by atoms with Crippen molar-refractivity contribution in [1.82, 2.24) is 9.88 Å². The van der Waals surface area contributed by atoms with E-state index in [2.05, 4.69) is 5.32 Å². The molecule has 0 aliphatic heterocycles. The number of carboxylic acid groups (broad SMARTS) is 1. The van der Waals surface area contributed by atoms with Crippen LogP contribution >= 0.6 is 0 Å². The highest BCUT2D eigenvalue weighted by molar-refractivity contribution is 5.95. The Morgan fingerprint density at radius 3 is 2.72 bits per heavy atom. The molecular formula is C10H13N3O5. The van der Waals surface area contributed by atoms with Crippen molar-refractivity contribution < 1.29 is 19.6 Å². The minimum absolute atomic E-state index is 0.0878. The molecule has 1 rings (SSSR count). The van der Waals surface area contributed by atoms with Gasteiger partial charge in [0.05, 0.1) is 11.1 Å². The zero-order chi connectivity index (χ0) is 13.7. The second-order valence-electron chi connectivity index (χ2n) is 3.61. The molecule has 0 saturated carbocycles. The predicted molar refractivity (Wildman–Crippen MR) is 61.3 cm³/mol. The highest BCUT2D eigenvalue weighted by atomic mass is 16.6. The lowest BCUT2D eigenvalue weighted by Gasteiger charge is -2.06. The topological polar surface area (TPSA) is 114 Å². The van der Waals surface area contributed by atoms with Gasteiger partial charge < -0.3 is 15.0 Å². The molecule has 1 aromatic heterocycles. The summed E-state index contributed by atoms with van der Waals surface area (Å²) in [4.78, 5) is 32.0. The molecule has 0 unspecified atom stereocenters. The number of nitrogens with zero attached hydrogens (tertiary/aromatic N) is 2. The van der Waals surface area contributed by atoms with Crippen molar-refractivity contribution in [2.45, 2.75) is 19.9 Å². The second kappa shape index (κ2) is 5.80. The lowest BCUT2D eigenvalue weighted by molar-refractivity contribution is -0.384. The first-order valence-electron chi connectivity index (χ1n) is 5.30. The van der Waals surface area contributed by atoms with Gasteiger partial charge in [-0.05, 0) is 6.42 Å². The fraction of sp³-hybridized carbons (Fsp3) is 0.400. The molecule has 0 aliphatic carbocycles. The van der Waals surface area contributed by atoms with Gasteiger partial charge in [0, 0.05) is 12.6 Å². The monoisotopic (exact) mass is 255 g/mol. The van der Waals surface area contributed by atoms with E-state index in [4.69, 9.17) is 5.11 Å². The largest absolute Gasteiger partial charge is 0.480 e. The molecule has 0 fully saturated rings. The number of nitrogens with one attached hydrogen (secondary N) is 1. The summed E-state index contributed by atoms with van der Waals surface area (Å²) in [6.07, 6.45) is 1.96. The predicted octanol–water partition coefficient (Wildman–Crippen LogP) is 0.621. The minimum atomic E-state index is -1.17. The van der Waals surface area contributed by atoms with Crippen LogP contribution in [0.5, 0.6) is 0 Å². The number of amides is 1. The van der Waals surface area contributed by atoms with E-state index in [1.165, 1.54) is 10.8 Å². The van der Waals surface area contributed by atoms with E-state index < -0.39 is 23.3 Å². The lowest BCUT2D eigenvalue weighted by Crippen LogP contribution is -2.30. The maximum absolute atomic E-state index is 11.7. The molecule has 0 radical (unpaired) electrons. The van der Waals surface area contributed by atoms with E-state index in [0.29, 0.717) is 13.0 Å². The van der Waals surface area contributed by atoms with Gasteiger partial charge >= 0.3 is 5.97 Å². The summed E-state index contributed by atoms with van der Waals surface area (Å²) < 4.78 is 1.44. The lowest BCUT2D eigenvalue weighted by atomic mass is 10.3. The number of rotatable bonds is 6. The summed E-state index contributed by atoms with van der Waals surface area (Å²) in [6.45, 7) is 1.79. The first-order chi connectivity index (χ1) is 8.45. The average Bonchev–Trinajstić information content (AvgIpc) is 2.70. The van der Waals surface area contributed by atoms with Crippen LogP contribution in [0.4, 0.5) is 5.69 Å². The number of hydrogen-bond acceptors (Lipinski definition) is 4. The van der Waals surface area contributed by atoms with Crippen LogP contribution in [0.15, 0.2) is 12.3 Å². The van der Waals surface area contributed by atoms with Crippen LogP contribution in [0.1, 0.15) is 23.8 Å². The van der Waals surface area contributed by atoms with Gasteiger partial charge in [-0.3, -0.25) is 19.7 Å². The van der Waals surface area contributed by atoms with Crippen LogP contribution in [-0.4, -0.2) is 33.0 Å². The third-order valence-corrected chi connectivity index (χ3v) is 2.19. The standard InChI is InChI=1S/C10H13N3O5/c1-2-3-12-6-7(13(17)18)4-8(12)10(16)11-5-9(14)15/h4,6H,2-3,5H2,1H3,(H,11,16)(H,14,15). The summed E-state index contributed by atoms with van der Waals surface area (Å²) in [7, 11) is 0. The normalized spacial score (nSPS) is 10.1. The number of aryl methyl sites for hydroxylation is 1. The Labute approximate surface area is 102 Å². The Bertz CT molecular complexity index is 480. The van der Waals surface area contributed by atoms with Crippen molar-refractivity contribution in [3.8, 4) is 0 Å². The number of nitro groups is 1. The van der Waals surface area contributed by atoms with Gasteiger partial charge in [0.25, 0.3) is 11.6 Å². The summed E-state index contributed by atoms with van der Waals surface area (Å²) in [5.74, 6) is -1.81. The van der Waals surface area contributed by atoms with Crippen molar-refractivity contribution in [3.05, 3.63) is 28.1 Å². The zero-order valence-corrected chi connectivity index (χ0v) is 9.75. The van der Waals surface area contributed by atoms with E-state index in [0.717, 1.165) is 6.07 Å². The Morgan fingerprint density at radius 1 is 1.56 bits per heavy atom. The minimum Gasteiger partial charge on any atom is -0.480 e. The van der Waals surface area contributed by atoms with Gasteiger partial charge in [-0.15, -0.1) is 0 Å². The zero-order valence-electron chi connectivity index (χ0n) is 9.75. The Hall–Kier alpha value is -2.38. The fourth-order valence-corrected chi connectivity index (χ4v) is 1.46. The average molecular weight is 255 g/mol. The number of carbonyl (C=O) groups is 2. The Morgan fingerprint density at radius 2 is 2.22 bits per heavy atom. The molecule has 0 aliphatic rings. The summed E-state index contributed by atoms with van der Waals surface area (Å²) in [5, 5.41) is 21.2. The molecule has 2 N–H and O–H groups in total. The van der Waals surface area contributed by atoms with Gasteiger partial charge in [0.15, 0.2) is 0 Å². The van der Waals surface area contributed by atoms with Crippen LogP contribution in [0.2, 0.25) is 0 Å². The van der Waals surface area contributed by atoms with Crippen LogP contribution in [0, 0.1) is 10.1 Å². The molecule has 1 aromatic rings. The van der Waals surface area contributed by atoms with Crippen molar-refractivity contribution >= 4 is 17.6 Å². The van der Waals surface area contributed by atoms with Gasteiger partial charge in [0.1, 0.15) is 12.2 Å². The smallest absolute Gasteiger partial charge is 0.322 e. The van der Waals surface area contributed by atoms with Crippen molar-refractivity contribution in [1.29, 1.82) is 0 Å². The Kier molecular flexibility index (Phi) is 4.41. The van der Waals surface area contributed by atoms with Gasteiger partial charge in [-0.2, -0.15) is 0 Å². The summed E-state index contributed by atoms with van der Waals surface area (Å²) in [5.41, 5.74) is -0.103. The molecule has 1 amide bonds. The van der Waals surface area contributed by atoms with E-state index in [9.17, 15) is 19.7 Å². The van der Waals surface area contributed by atoms with Crippen LogP contribution < -0.4 is 5.32 Å². The van der Waals surface area contributed by atoms with Crippen molar-refractivity contribution in [3.63, 3.8) is 0 Å². The SMILES string of the molecule is CCCn1cc([N+](=O)[O-])cc1C(=O)NCC(=O)O. The molecule has 0 saturated heterocycles. The fourth-order valence-electron chi connectivity index (χ4n) is 1.46. The highest BCUT2D eigenvalue weighted by Gasteiger charge is 2.19. The molecule has 0 atom stereocenters. The number of carboxylic acids is 1. The van der Waals surface area contributed by atoms with Crippen LogP contribution in [0.3, 0.4) is 0 Å². The molecule has 0 spiro atoms. The van der Waals surface area contributed by atoms with Crippen LogP contribution in [0.25, 0.3) is 0 Å².